The van der Waals surface area contributed by atoms with E-state index < -0.39 is 5.97 Å². The molecule has 2 rings (SSSR count). The monoisotopic (exact) mass is 280 g/mol. The maximum atomic E-state index is 11.0. The maximum absolute atomic E-state index is 11.0. The third-order valence-corrected chi connectivity index (χ3v) is 3.35. The van der Waals surface area contributed by atoms with Gasteiger partial charge in [0.05, 0.1) is 30.2 Å². The molecule has 1 aliphatic heterocycles. The first-order chi connectivity index (χ1) is 9.60. The summed E-state index contributed by atoms with van der Waals surface area (Å²) >= 11 is 0. The molecule has 0 aliphatic carbocycles. The number of nitrogens with two attached hydrogens (primary N) is 1. The number of rotatable bonds is 5. The first-order valence-corrected chi connectivity index (χ1v) is 6.66. The fourth-order valence-corrected chi connectivity index (χ4v) is 2.16. The van der Waals surface area contributed by atoms with Crippen LogP contribution in [-0.2, 0) is 4.74 Å². The van der Waals surface area contributed by atoms with Crippen molar-refractivity contribution in [2.45, 2.75) is 13.0 Å². The van der Waals surface area contributed by atoms with Crippen LogP contribution < -0.4 is 11.1 Å². The Bertz CT molecular complexity index is 481. The third-order valence-electron chi connectivity index (χ3n) is 3.35. The summed E-state index contributed by atoms with van der Waals surface area (Å²) in [5.74, 6) is -0.562. The number of nitrogens with zero attached hydrogens (tertiary/aromatic N) is 2. The van der Waals surface area contributed by atoms with E-state index in [0.717, 1.165) is 26.2 Å². The quantitative estimate of drug-likeness (QED) is 0.721. The van der Waals surface area contributed by atoms with Crippen LogP contribution in [0.4, 0.5) is 11.5 Å². The molecule has 1 fully saturated rings. The van der Waals surface area contributed by atoms with Gasteiger partial charge in [-0.25, -0.2) is 9.78 Å². The van der Waals surface area contributed by atoms with Crippen LogP contribution in [0.15, 0.2) is 12.3 Å². The molecule has 20 heavy (non-hydrogen) atoms. The number of carboxylic acids is 1. The van der Waals surface area contributed by atoms with E-state index in [1.807, 2.05) is 0 Å². The van der Waals surface area contributed by atoms with E-state index in [1.54, 1.807) is 0 Å². The van der Waals surface area contributed by atoms with Gasteiger partial charge < -0.3 is 20.9 Å². The highest BCUT2D eigenvalue weighted by atomic mass is 16.5. The highest BCUT2D eigenvalue weighted by molar-refractivity contribution is 5.94. The Morgan fingerprint density at radius 1 is 1.70 bits per heavy atom. The van der Waals surface area contributed by atoms with Crippen LogP contribution in [0.1, 0.15) is 17.3 Å². The Kier molecular flexibility index (Phi) is 4.75. The van der Waals surface area contributed by atoms with Gasteiger partial charge in [0.1, 0.15) is 5.82 Å². The number of aromatic carboxylic acids is 1. The second-order valence-corrected chi connectivity index (χ2v) is 4.73. The molecule has 1 atom stereocenters. The molecule has 1 aromatic rings. The van der Waals surface area contributed by atoms with Gasteiger partial charge in [0.25, 0.3) is 0 Å². The summed E-state index contributed by atoms with van der Waals surface area (Å²) in [6.07, 6.45) is 1.43. The number of hydrogen-bond acceptors (Lipinski definition) is 6. The van der Waals surface area contributed by atoms with Crippen molar-refractivity contribution in [1.82, 2.24) is 9.88 Å². The first kappa shape index (κ1) is 14.5. The molecule has 0 bridgehead atoms. The van der Waals surface area contributed by atoms with Gasteiger partial charge in [-0.3, -0.25) is 4.90 Å². The Labute approximate surface area is 117 Å². The van der Waals surface area contributed by atoms with Crippen molar-refractivity contribution >= 4 is 17.5 Å². The van der Waals surface area contributed by atoms with E-state index in [-0.39, 0.29) is 17.4 Å². The van der Waals surface area contributed by atoms with E-state index >= 15 is 0 Å². The summed E-state index contributed by atoms with van der Waals surface area (Å²) in [6.45, 7) is 6.25. The summed E-state index contributed by atoms with van der Waals surface area (Å²) in [4.78, 5) is 17.4. The largest absolute Gasteiger partial charge is 0.478 e. The molecule has 110 valence electrons. The summed E-state index contributed by atoms with van der Waals surface area (Å²) in [6, 6.07) is 1.44. The van der Waals surface area contributed by atoms with Crippen LogP contribution in [0.5, 0.6) is 0 Å². The third kappa shape index (κ3) is 3.58. The zero-order chi connectivity index (χ0) is 14.5. The van der Waals surface area contributed by atoms with Gasteiger partial charge in [-0.1, -0.05) is 6.92 Å². The molecule has 1 aromatic heterocycles. The summed E-state index contributed by atoms with van der Waals surface area (Å²) < 4.78 is 5.66. The predicted molar refractivity (Wildman–Crippen MR) is 76.0 cm³/mol. The maximum Gasteiger partial charge on any atom is 0.337 e. The molecule has 0 aromatic carbocycles. The normalized spacial score (nSPS) is 19.8. The number of carboxylic acid groups (broad SMARTS) is 1. The number of aromatic nitrogens is 1. The zero-order valence-corrected chi connectivity index (χ0v) is 11.5. The minimum Gasteiger partial charge on any atom is -0.478 e. The molecule has 0 saturated carbocycles. The van der Waals surface area contributed by atoms with Crippen LogP contribution in [0, 0.1) is 0 Å². The number of ether oxygens (including phenoxy) is 1. The van der Waals surface area contributed by atoms with Gasteiger partial charge in [0.15, 0.2) is 0 Å². The topological polar surface area (TPSA) is 101 Å². The van der Waals surface area contributed by atoms with Crippen molar-refractivity contribution < 1.29 is 14.6 Å². The van der Waals surface area contributed by atoms with Crippen molar-refractivity contribution in [2.24, 2.45) is 0 Å². The lowest BCUT2D eigenvalue weighted by Crippen LogP contribution is -2.45. The number of pyridine rings is 1. The van der Waals surface area contributed by atoms with Crippen LogP contribution >= 0.6 is 0 Å². The standard InChI is InChI=1S/C13H20N4O3/c1-2-17-3-4-20-9(8-17)6-15-12-5-10(13(18)19)11(14)7-16-12/h5,7,9H,2-4,6,8,14H2,1H3,(H,15,16)(H,18,19). The Morgan fingerprint density at radius 3 is 3.20 bits per heavy atom. The summed E-state index contributed by atoms with van der Waals surface area (Å²) in [7, 11) is 0. The second-order valence-electron chi connectivity index (χ2n) is 4.73. The summed E-state index contributed by atoms with van der Waals surface area (Å²) in [5.41, 5.74) is 5.78. The lowest BCUT2D eigenvalue weighted by atomic mass is 10.2. The Morgan fingerprint density at radius 2 is 2.50 bits per heavy atom. The highest BCUT2D eigenvalue weighted by Crippen LogP contribution is 2.15. The highest BCUT2D eigenvalue weighted by Gasteiger charge is 2.19. The lowest BCUT2D eigenvalue weighted by Gasteiger charge is -2.32. The van der Waals surface area contributed by atoms with Gasteiger partial charge in [-0.2, -0.15) is 0 Å². The minimum absolute atomic E-state index is 0.0576. The second kappa shape index (κ2) is 6.53. The fraction of sp³-hybridized carbons (Fsp3) is 0.538. The molecule has 7 nitrogen and oxygen atoms in total. The van der Waals surface area contributed by atoms with Gasteiger partial charge in [0.2, 0.25) is 0 Å². The molecule has 0 radical (unpaired) electrons. The average Bonchev–Trinajstić information content (AvgIpc) is 2.46. The molecule has 1 saturated heterocycles. The van der Waals surface area contributed by atoms with Crippen molar-refractivity contribution in [2.75, 3.05) is 43.8 Å². The van der Waals surface area contributed by atoms with Crippen LogP contribution in [0.2, 0.25) is 0 Å². The van der Waals surface area contributed by atoms with Gasteiger partial charge >= 0.3 is 5.97 Å². The number of carbonyl (C=O) groups is 1. The van der Waals surface area contributed by atoms with E-state index in [9.17, 15) is 4.79 Å². The molecule has 1 unspecified atom stereocenters. The smallest absolute Gasteiger partial charge is 0.337 e. The minimum atomic E-state index is -1.06. The number of anilines is 2. The van der Waals surface area contributed by atoms with Crippen molar-refractivity contribution in [3.05, 3.63) is 17.8 Å². The Hall–Kier alpha value is -1.86. The van der Waals surface area contributed by atoms with E-state index in [2.05, 4.69) is 22.1 Å². The van der Waals surface area contributed by atoms with Gasteiger partial charge in [-0.15, -0.1) is 0 Å². The van der Waals surface area contributed by atoms with E-state index in [4.69, 9.17) is 15.6 Å². The van der Waals surface area contributed by atoms with E-state index in [0.29, 0.717) is 12.4 Å². The number of hydrogen-bond donors (Lipinski definition) is 3. The predicted octanol–water partition coefficient (Wildman–Crippen LogP) is 0.495. The van der Waals surface area contributed by atoms with Crippen LogP contribution in [-0.4, -0.2) is 59.8 Å². The number of morpholine rings is 1. The zero-order valence-electron chi connectivity index (χ0n) is 11.5. The molecule has 0 spiro atoms. The Balaban J connectivity index is 1.93. The molecule has 0 amide bonds. The van der Waals surface area contributed by atoms with Crippen LogP contribution in [0.3, 0.4) is 0 Å². The lowest BCUT2D eigenvalue weighted by molar-refractivity contribution is -0.0192. The molecule has 7 heteroatoms. The SMILES string of the molecule is CCN1CCOC(CNc2cc(C(=O)O)c(N)cn2)C1. The number of nitrogens with one attached hydrogen (secondary N) is 1. The number of likely N-dealkylation sites (N-methyl/N-ethyl adjacent to an activating group) is 1. The molecule has 4 N–H and O–H groups in total. The molecule has 1 aliphatic rings. The van der Waals surface area contributed by atoms with E-state index in [1.165, 1.54) is 12.3 Å². The van der Waals surface area contributed by atoms with Crippen LogP contribution in [0.25, 0.3) is 0 Å². The molecular weight excluding hydrogens is 260 g/mol. The number of nitrogen functional groups attached to an aromatic ring is 1. The molecule has 2 heterocycles. The average molecular weight is 280 g/mol. The van der Waals surface area contributed by atoms with Crippen molar-refractivity contribution in [3.63, 3.8) is 0 Å². The van der Waals surface area contributed by atoms with Gasteiger partial charge in [-0.05, 0) is 12.6 Å². The molecular formula is C13H20N4O3. The summed E-state index contributed by atoms with van der Waals surface area (Å²) in [5, 5.41) is 12.1. The van der Waals surface area contributed by atoms with Crippen molar-refractivity contribution in [3.8, 4) is 0 Å². The van der Waals surface area contributed by atoms with Crippen molar-refractivity contribution in [1.29, 1.82) is 0 Å². The van der Waals surface area contributed by atoms with Gasteiger partial charge in [0, 0.05) is 19.6 Å². The first-order valence-electron chi connectivity index (χ1n) is 6.66. The fourth-order valence-electron chi connectivity index (χ4n) is 2.16.